The molecule has 4 heterocycles. The summed E-state index contributed by atoms with van der Waals surface area (Å²) in [7, 11) is 0. The van der Waals surface area contributed by atoms with E-state index >= 15 is 0 Å². The maximum atomic E-state index is 12.5. The summed E-state index contributed by atoms with van der Waals surface area (Å²) in [6.07, 6.45) is 3.14. The first-order valence-corrected chi connectivity index (χ1v) is 8.89. The number of carbonyl (C=O) groups excluding carboxylic acids is 1. The van der Waals surface area contributed by atoms with Gasteiger partial charge in [0, 0.05) is 25.1 Å². The van der Waals surface area contributed by atoms with Gasteiger partial charge in [-0.05, 0) is 24.3 Å². The third-order valence-electron chi connectivity index (χ3n) is 4.26. The van der Waals surface area contributed by atoms with Gasteiger partial charge in [-0.15, -0.1) is 11.3 Å². The van der Waals surface area contributed by atoms with E-state index in [0.29, 0.717) is 30.3 Å². The number of carbonyl (C=O) groups is 1. The largest absolute Gasteiger partial charge is 0.336 e. The SMILES string of the molecule is O=C(c1cn[nH]n1)N1CCC[C@H](c2nc(-c3cccs3)cc(=O)[nH]2)C1. The first kappa shape index (κ1) is 15.7. The molecule has 0 bridgehead atoms. The van der Waals surface area contributed by atoms with Crippen molar-refractivity contribution in [2.75, 3.05) is 13.1 Å². The van der Waals surface area contributed by atoms with Crippen molar-refractivity contribution in [2.24, 2.45) is 0 Å². The van der Waals surface area contributed by atoms with Crippen molar-refractivity contribution in [3.05, 3.63) is 51.6 Å². The van der Waals surface area contributed by atoms with Crippen molar-refractivity contribution >= 4 is 17.2 Å². The molecule has 1 amide bonds. The zero-order chi connectivity index (χ0) is 17.2. The second-order valence-electron chi connectivity index (χ2n) is 5.94. The normalized spacial score (nSPS) is 17.6. The molecule has 0 radical (unpaired) electrons. The molecule has 0 aliphatic carbocycles. The highest BCUT2D eigenvalue weighted by atomic mass is 32.1. The van der Waals surface area contributed by atoms with Gasteiger partial charge in [0.1, 0.15) is 5.82 Å². The molecule has 1 aliphatic rings. The number of rotatable bonds is 3. The third kappa shape index (κ3) is 3.22. The van der Waals surface area contributed by atoms with Gasteiger partial charge in [0.15, 0.2) is 5.69 Å². The van der Waals surface area contributed by atoms with Crippen LogP contribution in [0.25, 0.3) is 10.6 Å². The molecule has 2 N–H and O–H groups in total. The third-order valence-corrected chi connectivity index (χ3v) is 5.16. The lowest BCUT2D eigenvalue weighted by Gasteiger charge is -2.31. The van der Waals surface area contributed by atoms with Crippen LogP contribution in [-0.4, -0.2) is 49.3 Å². The number of thiophene rings is 1. The Labute approximate surface area is 146 Å². The van der Waals surface area contributed by atoms with E-state index in [4.69, 9.17) is 0 Å². The average Bonchev–Trinajstić information content (AvgIpc) is 3.34. The molecule has 4 rings (SSSR count). The summed E-state index contributed by atoms with van der Waals surface area (Å²) in [5.41, 5.74) is 0.802. The fraction of sp³-hybridized carbons (Fsp3) is 0.312. The Morgan fingerprint density at radius 3 is 3.08 bits per heavy atom. The van der Waals surface area contributed by atoms with Crippen LogP contribution in [0.15, 0.2) is 34.6 Å². The lowest BCUT2D eigenvalue weighted by molar-refractivity contribution is 0.0698. The maximum absolute atomic E-state index is 12.5. The highest BCUT2D eigenvalue weighted by molar-refractivity contribution is 7.13. The first-order valence-electron chi connectivity index (χ1n) is 8.01. The summed E-state index contributed by atoms with van der Waals surface area (Å²) in [4.78, 5) is 34.7. The monoisotopic (exact) mass is 356 g/mol. The molecule has 3 aromatic heterocycles. The van der Waals surface area contributed by atoms with Gasteiger partial charge in [0.2, 0.25) is 0 Å². The van der Waals surface area contributed by atoms with E-state index in [-0.39, 0.29) is 17.4 Å². The van der Waals surface area contributed by atoms with Crippen molar-refractivity contribution in [1.82, 2.24) is 30.3 Å². The van der Waals surface area contributed by atoms with E-state index in [2.05, 4.69) is 25.4 Å². The molecule has 3 aromatic rings. The zero-order valence-corrected chi connectivity index (χ0v) is 14.1. The van der Waals surface area contributed by atoms with Gasteiger partial charge >= 0.3 is 0 Å². The van der Waals surface area contributed by atoms with Crippen molar-refractivity contribution in [2.45, 2.75) is 18.8 Å². The highest BCUT2D eigenvalue weighted by Crippen LogP contribution is 2.27. The number of hydrogen-bond acceptors (Lipinski definition) is 6. The number of hydrogen-bond donors (Lipinski definition) is 2. The topological polar surface area (TPSA) is 108 Å². The summed E-state index contributed by atoms with van der Waals surface area (Å²) < 4.78 is 0. The Hall–Kier alpha value is -2.81. The molecule has 1 saturated heterocycles. The highest BCUT2D eigenvalue weighted by Gasteiger charge is 2.28. The number of likely N-dealkylation sites (tertiary alicyclic amines) is 1. The van der Waals surface area contributed by atoms with E-state index in [9.17, 15) is 9.59 Å². The number of amides is 1. The fourth-order valence-corrected chi connectivity index (χ4v) is 3.76. The molecule has 0 aromatic carbocycles. The molecule has 0 spiro atoms. The molecule has 8 nitrogen and oxygen atoms in total. The second kappa shape index (κ2) is 6.60. The van der Waals surface area contributed by atoms with Crippen LogP contribution in [0, 0.1) is 0 Å². The Morgan fingerprint density at radius 2 is 2.32 bits per heavy atom. The molecule has 9 heteroatoms. The predicted molar refractivity (Wildman–Crippen MR) is 92.4 cm³/mol. The van der Waals surface area contributed by atoms with Crippen LogP contribution in [0.3, 0.4) is 0 Å². The van der Waals surface area contributed by atoms with Crippen LogP contribution in [0.1, 0.15) is 35.1 Å². The number of nitrogens with zero attached hydrogens (tertiary/aromatic N) is 4. The first-order chi connectivity index (χ1) is 12.2. The van der Waals surface area contributed by atoms with Crippen LogP contribution in [0.2, 0.25) is 0 Å². The summed E-state index contributed by atoms with van der Waals surface area (Å²) >= 11 is 1.55. The summed E-state index contributed by atoms with van der Waals surface area (Å²) in [6, 6.07) is 5.38. The molecular weight excluding hydrogens is 340 g/mol. The van der Waals surface area contributed by atoms with Gasteiger partial charge in [-0.2, -0.15) is 15.4 Å². The van der Waals surface area contributed by atoms with Gasteiger partial charge in [-0.3, -0.25) is 9.59 Å². The van der Waals surface area contributed by atoms with E-state index in [0.717, 1.165) is 17.7 Å². The van der Waals surface area contributed by atoms with Crippen LogP contribution in [-0.2, 0) is 0 Å². The van der Waals surface area contributed by atoms with Gasteiger partial charge in [0.05, 0.1) is 16.8 Å². The average molecular weight is 356 g/mol. The van der Waals surface area contributed by atoms with Crippen molar-refractivity contribution < 1.29 is 4.79 Å². The minimum atomic E-state index is -0.173. The van der Waals surface area contributed by atoms with Crippen molar-refractivity contribution in [1.29, 1.82) is 0 Å². The van der Waals surface area contributed by atoms with E-state index in [1.165, 1.54) is 12.3 Å². The quantitative estimate of drug-likeness (QED) is 0.742. The molecule has 0 unspecified atom stereocenters. The second-order valence-corrected chi connectivity index (χ2v) is 6.89. The van der Waals surface area contributed by atoms with Gasteiger partial charge < -0.3 is 9.88 Å². The minimum Gasteiger partial charge on any atom is -0.336 e. The summed E-state index contributed by atoms with van der Waals surface area (Å²) in [5.74, 6) is 0.473. The molecule has 1 atom stereocenters. The standard InChI is InChI=1S/C16H16N6O2S/c23-14-7-11(13-4-2-6-25-13)18-15(19-14)10-3-1-5-22(9-10)16(24)12-8-17-21-20-12/h2,4,6-8,10H,1,3,5,9H2,(H,17,20,21)(H,18,19,23)/t10-/m0/s1. The Bertz CT molecular complexity index is 919. The van der Waals surface area contributed by atoms with Crippen LogP contribution >= 0.6 is 11.3 Å². The zero-order valence-electron chi connectivity index (χ0n) is 13.3. The molecule has 0 saturated carbocycles. The van der Waals surface area contributed by atoms with Gasteiger partial charge in [-0.1, -0.05) is 6.07 Å². The molecule has 25 heavy (non-hydrogen) atoms. The number of H-pyrrole nitrogens is 2. The van der Waals surface area contributed by atoms with Crippen LogP contribution < -0.4 is 5.56 Å². The molecule has 128 valence electrons. The molecule has 1 aliphatic heterocycles. The fourth-order valence-electron chi connectivity index (χ4n) is 3.07. The van der Waals surface area contributed by atoms with Gasteiger partial charge in [-0.25, -0.2) is 4.98 Å². The Balaban J connectivity index is 1.59. The Kier molecular flexibility index (Phi) is 4.14. The van der Waals surface area contributed by atoms with Crippen LogP contribution in [0.5, 0.6) is 0 Å². The van der Waals surface area contributed by atoms with Crippen molar-refractivity contribution in [3.63, 3.8) is 0 Å². The molecular formula is C16H16N6O2S. The maximum Gasteiger partial charge on any atom is 0.276 e. The molecule has 1 fully saturated rings. The van der Waals surface area contributed by atoms with Crippen LogP contribution in [0.4, 0.5) is 0 Å². The smallest absolute Gasteiger partial charge is 0.276 e. The summed E-state index contributed by atoms with van der Waals surface area (Å²) in [5, 5.41) is 11.9. The number of aromatic nitrogens is 5. The lowest BCUT2D eigenvalue weighted by Crippen LogP contribution is -2.40. The predicted octanol–water partition coefficient (Wildman–Crippen LogP) is 1.64. The number of piperidine rings is 1. The van der Waals surface area contributed by atoms with Crippen molar-refractivity contribution in [3.8, 4) is 10.6 Å². The lowest BCUT2D eigenvalue weighted by atomic mass is 9.96. The van der Waals surface area contributed by atoms with E-state index in [1.807, 2.05) is 17.5 Å². The number of nitrogens with one attached hydrogen (secondary N) is 2. The Morgan fingerprint density at radius 1 is 1.40 bits per heavy atom. The summed E-state index contributed by atoms with van der Waals surface area (Å²) in [6.45, 7) is 1.17. The number of aromatic amines is 2. The minimum absolute atomic E-state index is 0.00258. The van der Waals surface area contributed by atoms with Gasteiger partial charge in [0.25, 0.3) is 11.5 Å². The van der Waals surface area contributed by atoms with E-state index in [1.54, 1.807) is 16.2 Å². The van der Waals surface area contributed by atoms with E-state index < -0.39 is 0 Å².